The first-order valence-electron chi connectivity index (χ1n) is 10.7. The van der Waals surface area contributed by atoms with Crippen molar-refractivity contribution in [1.82, 2.24) is 20.0 Å². The molecule has 0 saturated carbocycles. The van der Waals surface area contributed by atoms with E-state index in [4.69, 9.17) is 0 Å². The summed E-state index contributed by atoms with van der Waals surface area (Å²) < 4.78 is 1.86. The molecule has 2 aromatic carbocycles. The number of carbonyl (C=O) groups excluding carboxylic acids is 2. The zero-order valence-electron chi connectivity index (χ0n) is 17.9. The van der Waals surface area contributed by atoms with Gasteiger partial charge in [-0.15, -0.1) is 0 Å². The molecule has 3 amide bonds. The third-order valence-electron chi connectivity index (χ3n) is 5.38. The van der Waals surface area contributed by atoms with Crippen molar-refractivity contribution in [3.8, 4) is 0 Å². The zero-order chi connectivity index (χ0) is 22.2. The van der Waals surface area contributed by atoms with Gasteiger partial charge in [-0.2, -0.15) is 16.9 Å². The van der Waals surface area contributed by atoms with Crippen molar-refractivity contribution in [2.75, 3.05) is 29.9 Å². The molecule has 0 bridgehead atoms. The minimum atomic E-state index is -0.270. The lowest BCUT2D eigenvalue weighted by Crippen LogP contribution is -2.38. The van der Waals surface area contributed by atoms with Gasteiger partial charge in [-0.3, -0.25) is 9.48 Å². The summed E-state index contributed by atoms with van der Waals surface area (Å²) >= 11 is 1.89. The zero-order valence-corrected chi connectivity index (χ0v) is 18.7. The molecule has 1 saturated heterocycles. The van der Waals surface area contributed by atoms with Crippen LogP contribution < -0.4 is 10.6 Å². The van der Waals surface area contributed by atoms with Crippen molar-refractivity contribution in [3.63, 3.8) is 0 Å². The maximum atomic E-state index is 12.4. The van der Waals surface area contributed by atoms with Crippen LogP contribution in [0.3, 0.4) is 0 Å². The molecule has 3 aromatic rings. The van der Waals surface area contributed by atoms with E-state index < -0.39 is 0 Å². The fourth-order valence-electron chi connectivity index (χ4n) is 3.61. The molecule has 8 heteroatoms. The van der Waals surface area contributed by atoms with Crippen molar-refractivity contribution >= 4 is 29.4 Å². The number of carbonyl (C=O) groups is 2. The van der Waals surface area contributed by atoms with Gasteiger partial charge in [-0.05, 0) is 34.9 Å². The van der Waals surface area contributed by atoms with E-state index in [1.165, 1.54) is 0 Å². The second-order valence-corrected chi connectivity index (χ2v) is 8.87. The number of urea groups is 1. The third-order valence-corrected chi connectivity index (χ3v) is 6.32. The predicted molar refractivity (Wildman–Crippen MR) is 128 cm³/mol. The van der Waals surface area contributed by atoms with Gasteiger partial charge in [0.1, 0.15) is 0 Å². The van der Waals surface area contributed by atoms with E-state index in [0.29, 0.717) is 25.2 Å². The number of benzene rings is 2. The Labute approximate surface area is 192 Å². The quantitative estimate of drug-likeness (QED) is 0.580. The monoisotopic (exact) mass is 449 g/mol. The van der Waals surface area contributed by atoms with Crippen LogP contribution in [-0.2, 0) is 24.3 Å². The average molecular weight is 450 g/mol. The number of nitrogens with one attached hydrogen (secondary N) is 2. The maximum absolute atomic E-state index is 12.4. The second-order valence-electron chi connectivity index (χ2n) is 7.65. The highest BCUT2D eigenvalue weighted by Crippen LogP contribution is 2.14. The molecule has 7 nitrogen and oxygen atoms in total. The molecule has 0 atom stereocenters. The number of hydrogen-bond acceptors (Lipinski definition) is 4. The van der Waals surface area contributed by atoms with E-state index in [2.05, 4.69) is 15.7 Å². The minimum absolute atomic E-state index is 0.164. The Morgan fingerprint density at radius 1 is 0.969 bits per heavy atom. The van der Waals surface area contributed by atoms with Crippen LogP contribution in [0.4, 0.5) is 10.5 Å². The fourth-order valence-corrected chi connectivity index (χ4v) is 4.51. The minimum Gasteiger partial charge on any atom is -0.341 e. The number of anilines is 1. The molecule has 2 heterocycles. The van der Waals surface area contributed by atoms with Crippen LogP contribution in [0.1, 0.15) is 16.7 Å². The highest BCUT2D eigenvalue weighted by molar-refractivity contribution is 7.99. The van der Waals surface area contributed by atoms with Gasteiger partial charge in [-0.25, -0.2) is 4.79 Å². The summed E-state index contributed by atoms with van der Waals surface area (Å²) in [6.07, 6.45) is 4.06. The topological polar surface area (TPSA) is 79.3 Å². The average Bonchev–Trinajstić information content (AvgIpc) is 3.33. The van der Waals surface area contributed by atoms with Crippen LogP contribution in [0.15, 0.2) is 67.0 Å². The molecule has 4 rings (SSSR count). The van der Waals surface area contributed by atoms with Gasteiger partial charge >= 0.3 is 6.03 Å². The van der Waals surface area contributed by atoms with E-state index >= 15 is 0 Å². The van der Waals surface area contributed by atoms with E-state index in [0.717, 1.165) is 41.3 Å². The van der Waals surface area contributed by atoms with Crippen LogP contribution in [0, 0.1) is 0 Å². The number of aromatic nitrogens is 2. The Balaban J connectivity index is 1.27. The van der Waals surface area contributed by atoms with Crippen LogP contribution in [0.25, 0.3) is 0 Å². The molecular formula is C24H27N5O2S. The molecule has 0 spiro atoms. The van der Waals surface area contributed by atoms with Crippen LogP contribution in [0.5, 0.6) is 0 Å². The predicted octanol–water partition coefficient (Wildman–Crippen LogP) is 3.37. The molecule has 1 aliphatic rings. The Bertz CT molecular complexity index is 1030. The Morgan fingerprint density at radius 2 is 1.72 bits per heavy atom. The number of thioether (sulfide) groups is 1. The fraction of sp³-hybridized carbons (Fsp3) is 0.292. The standard InChI is InChI=1S/C24H27N5O2S/c30-23(28-12-14-32-15-13-28)16-19-6-8-22(9-7-19)27-24(31)25-17-20-4-1-2-5-21(20)18-29-11-3-10-26-29/h1-11H,12-18H2,(H2,25,27,31). The summed E-state index contributed by atoms with van der Waals surface area (Å²) in [6.45, 7) is 2.73. The first-order chi connectivity index (χ1) is 15.7. The van der Waals surface area contributed by atoms with Gasteiger partial charge in [-0.1, -0.05) is 36.4 Å². The number of nitrogens with zero attached hydrogens (tertiary/aromatic N) is 3. The van der Waals surface area contributed by atoms with Gasteiger partial charge in [0, 0.05) is 49.2 Å². The highest BCUT2D eigenvalue weighted by atomic mass is 32.2. The van der Waals surface area contributed by atoms with Gasteiger partial charge in [0.15, 0.2) is 0 Å². The molecule has 0 unspecified atom stereocenters. The Hall–Kier alpha value is -3.26. The Kier molecular flexibility index (Phi) is 7.45. The molecule has 1 fully saturated rings. The molecule has 1 aromatic heterocycles. The molecule has 0 radical (unpaired) electrons. The summed E-state index contributed by atoms with van der Waals surface area (Å²) in [7, 11) is 0. The lowest BCUT2D eigenvalue weighted by molar-refractivity contribution is -0.130. The number of hydrogen-bond donors (Lipinski definition) is 2. The summed E-state index contributed by atoms with van der Waals surface area (Å²) in [5.74, 6) is 2.19. The Morgan fingerprint density at radius 3 is 2.44 bits per heavy atom. The first-order valence-corrected chi connectivity index (χ1v) is 11.9. The SMILES string of the molecule is O=C(NCc1ccccc1Cn1cccn1)Nc1ccc(CC(=O)N2CCSCC2)cc1. The van der Waals surface area contributed by atoms with Crippen molar-refractivity contribution in [3.05, 3.63) is 83.7 Å². The van der Waals surface area contributed by atoms with Crippen molar-refractivity contribution in [2.45, 2.75) is 19.5 Å². The van der Waals surface area contributed by atoms with E-state index in [1.54, 1.807) is 6.20 Å². The molecule has 32 heavy (non-hydrogen) atoms. The molecule has 166 valence electrons. The van der Waals surface area contributed by atoms with E-state index in [9.17, 15) is 9.59 Å². The van der Waals surface area contributed by atoms with Gasteiger partial charge < -0.3 is 15.5 Å². The lowest BCUT2D eigenvalue weighted by Gasteiger charge is -2.26. The normalized spacial score (nSPS) is 13.6. The highest BCUT2D eigenvalue weighted by Gasteiger charge is 2.16. The van der Waals surface area contributed by atoms with Gasteiger partial charge in [0.25, 0.3) is 0 Å². The molecule has 1 aliphatic heterocycles. The van der Waals surface area contributed by atoms with E-state index in [-0.39, 0.29) is 11.9 Å². The largest absolute Gasteiger partial charge is 0.341 e. The number of amides is 3. The molecule has 0 aliphatic carbocycles. The van der Waals surface area contributed by atoms with Crippen molar-refractivity contribution in [1.29, 1.82) is 0 Å². The second kappa shape index (κ2) is 10.9. The smallest absolute Gasteiger partial charge is 0.319 e. The van der Waals surface area contributed by atoms with Crippen LogP contribution in [-0.4, -0.2) is 51.2 Å². The van der Waals surface area contributed by atoms with Crippen molar-refractivity contribution in [2.24, 2.45) is 0 Å². The summed E-state index contributed by atoms with van der Waals surface area (Å²) in [4.78, 5) is 26.7. The van der Waals surface area contributed by atoms with E-state index in [1.807, 2.05) is 82.1 Å². The van der Waals surface area contributed by atoms with Crippen LogP contribution in [0.2, 0.25) is 0 Å². The van der Waals surface area contributed by atoms with Crippen LogP contribution >= 0.6 is 11.8 Å². The van der Waals surface area contributed by atoms with Gasteiger partial charge in [0.05, 0.1) is 13.0 Å². The summed E-state index contributed by atoms with van der Waals surface area (Å²) in [6, 6.07) is 17.1. The lowest BCUT2D eigenvalue weighted by atomic mass is 10.1. The summed E-state index contributed by atoms with van der Waals surface area (Å²) in [5, 5.41) is 10.0. The first kappa shape index (κ1) is 22.0. The van der Waals surface area contributed by atoms with Crippen molar-refractivity contribution < 1.29 is 9.59 Å². The summed E-state index contributed by atoms with van der Waals surface area (Å²) in [5.41, 5.74) is 3.80. The maximum Gasteiger partial charge on any atom is 0.319 e. The third kappa shape index (κ3) is 6.13. The number of rotatable bonds is 7. The van der Waals surface area contributed by atoms with Gasteiger partial charge in [0.2, 0.25) is 5.91 Å². The molecule has 2 N–H and O–H groups in total. The molecular weight excluding hydrogens is 422 g/mol.